The van der Waals surface area contributed by atoms with Gasteiger partial charge in [0.15, 0.2) is 0 Å². The maximum absolute atomic E-state index is 9.02. The second-order valence-corrected chi connectivity index (χ2v) is 4.23. The van der Waals surface area contributed by atoms with Crippen LogP contribution in [0.4, 0.5) is 17.2 Å². The molecule has 0 saturated heterocycles. The Morgan fingerprint density at radius 1 is 1.33 bits per heavy atom. The average Bonchev–Trinajstić information content (AvgIpc) is 2.34. The van der Waals surface area contributed by atoms with E-state index in [4.69, 9.17) is 22.6 Å². The minimum Gasteiger partial charge on any atom is -0.399 e. The van der Waals surface area contributed by atoms with Gasteiger partial charge in [-0.3, -0.25) is 0 Å². The highest BCUT2D eigenvalue weighted by atomic mass is 35.5. The third-order valence-electron chi connectivity index (χ3n) is 2.40. The first-order valence-electron chi connectivity index (χ1n) is 5.30. The zero-order valence-electron chi connectivity index (χ0n) is 9.74. The Bertz CT molecular complexity index is 631. The first-order valence-corrected chi connectivity index (χ1v) is 5.68. The first-order chi connectivity index (χ1) is 8.60. The summed E-state index contributed by atoms with van der Waals surface area (Å²) in [5, 5.41) is 12.6. The largest absolute Gasteiger partial charge is 0.399 e. The number of aromatic nitrogens is 1. The molecule has 2 aromatic rings. The standard InChI is InChI=1S/C13H11ClN4/c1-8-2-3-9(7-15)13(17-8)18-12-6-10(16)4-5-11(12)14/h2-6H,16H2,1H3,(H,17,18). The van der Waals surface area contributed by atoms with Crippen molar-refractivity contribution in [2.75, 3.05) is 11.1 Å². The van der Waals surface area contributed by atoms with Crippen LogP contribution < -0.4 is 11.1 Å². The van der Waals surface area contributed by atoms with E-state index in [1.165, 1.54) is 0 Å². The van der Waals surface area contributed by atoms with Gasteiger partial charge in [-0.1, -0.05) is 11.6 Å². The Morgan fingerprint density at radius 2 is 2.11 bits per heavy atom. The number of hydrogen-bond acceptors (Lipinski definition) is 4. The summed E-state index contributed by atoms with van der Waals surface area (Å²) in [7, 11) is 0. The van der Waals surface area contributed by atoms with Gasteiger partial charge in [0.2, 0.25) is 0 Å². The molecule has 4 nitrogen and oxygen atoms in total. The van der Waals surface area contributed by atoms with Crippen molar-refractivity contribution in [1.29, 1.82) is 5.26 Å². The smallest absolute Gasteiger partial charge is 0.148 e. The normalized spacial score (nSPS) is 9.83. The molecule has 0 aliphatic heterocycles. The van der Waals surface area contributed by atoms with Crippen molar-refractivity contribution in [2.24, 2.45) is 0 Å². The number of nitriles is 1. The Balaban J connectivity index is 2.43. The Morgan fingerprint density at radius 3 is 2.83 bits per heavy atom. The van der Waals surface area contributed by atoms with E-state index in [0.29, 0.717) is 27.8 Å². The van der Waals surface area contributed by atoms with E-state index < -0.39 is 0 Å². The highest BCUT2D eigenvalue weighted by molar-refractivity contribution is 6.33. The van der Waals surface area contributed by atoms with Gasteiger partial charge in [-0.2, -0.15) is 5.26 Å². The van der Waals surface area contributed by atoms with Crippen LogP contribution in [-0.4, -0.2) is 4.98 Å². The van der Waals surface area contributed by atoms with Gasteiger partial charge in [0, 0.05) is 11.4 Å². The molecule has 18 heavy (non-hydrogen) atoms. The topological polar surface area (TPSA) is 74.7 Å². The lowest BCUT2D eigenvalue weighted by Gasteiger charge is -2.10. The number of benzene rings is 1. The lowest BCUT2D eigenvalue weighted by atomic mass is 10.2. The summed E-state index contributed by atoms with van der Waals surface area (Å²) in [4.78, 5) is 4.28. The zero-order valence-corrected chi connectivity index (χ0v) is 10.5. The molecular formula is C13H11ClN4. The fourth-order valence-corrected chi connectivity index (χ4v) is 1.67. The molecule has 1 aromatic carbocycles. The van der Waals surface area contributed by atoms with Crippen LogP contribution in [0.2, 0.25) is 5.02 Å². The lowest BCUT2D eigenvalue weighted by Crippen LogP contribution is -1.99. The third-order valence-corrected chi connectivity index (χ3v) is 2.73. The number of hydrogen-bond donors (Lipinski definition) is 2. The number of halogens is 1. The van der Waals surface area contributed by atoms with E-state index in [0.717, 1.165) is 5.69 Å². The molecule has 0 bridgehead atoms. The van der Waals surface area contributed by atoms with Gasteiger partial charge in [-0.25, -0.2) is 4.98 Å². The number of nitrogens with one attached hydrogen (secondary N) is 1. The van der Waals surface area contributed by atoms with E-state index in [1.54, 1.807) is 30.3 Å². The van der Waals surface area contributed by atoms with Crippen LogP contribution in [0.25, 0.3) is 0 Å². The van der Waals surface area contributed by atoms with E-state index in [-0.39, 0.29) is 0 Å². The van der Waals surface area contributed by atoms with Crippen LogP contribution in [0.15, 0.2) is 30.3 Å². The van der Waals surface area contributed by atoms with Crippen LogP contribution >= 0.6 is 11.6 Å². The molecular weight excluding hydrogens is 248 g/mol. The summed E-state index contributed by atoms with van der Waals surface area (Å²) in [6, 6.07) is 10.7. The van der Waals surface area contributed by atoms with E-state index in [9.17, 15) is 0 Å². The molecule has 0 spiro atoms. The van der Waals surface area contributed by atoms with Gasteiger partial charge in [0.25, 0.3) is 0 Å². The Kier molecular flexibility index (Phi) is 3.35. The highest BCUT2D eigenvalue weighted by Crippen LogP contribution is 2.28. The molecule has 90 valence electrons. The Labute approximate surface area is 110 Å². The van der Waals surface area contributed by atoms with Gasteiger partial charge >= 0.3 is 0 Å². The number of rotatable bonds is 2. The molecule has 1 aromatic heterocycles. The monoisotopic (exact) mass is 258 g/mol. The average molecular weight is 259 g/mol. The van der Waals surface area contributed by atoms with Crippen molar-refractivity contribution in [3.63, 3.8) is 0 Å². The van der Waals surface area contributed by atoms with Crippen molar-refractivity contribution in [3.05, 3.63) is 46.6 Å². The molecule has 2 rings (SSSR count). The predicted octanol–water partition coefficient (Wildman–Crippen LogP) is 3.24. The molecule has 0 fully saturated rings. The predicted molar refractivity (Wildman–Crippen MR) is 72.8 cm³/mol. The van der Waals surface area contributed by atoms with Crippen LogP contribution in [0, 0.1) is 18.3 Å². The maximum Gasteiger partial charge on any atom is 0.148 e. The van der Waals surface area contributed by atoms with Crippen molar-refractivity contribution >= 4 is 28.8 Å². The molecule has 1 heterocycles. The van der Waals surface area contributed by atoms with Gasteiger partial charge in [-0.05, 0) is 37.3 Å². The molecule has 0 aliphatic carbocycles. The minimum absolute atomic E-state index is 0.457. The van der Waals surface area contributed by atoms with Crippen molar-refractivity contribution in [3.8, 4) is 6.07 Å². The Hall–Kier alpha value is -2.25. The maximum atomic E-state index is 9.02. The fraction of sp³-hybridized carbons (Fsp3) is 0.0769. The molecule has 0 unspecified atom stereocenters. The molecule has 0 amide bonds. The summed E-state index contributed by atoms with van der Waals surface area (Å²) >= 11 is 6.05. The second-order valence-electron chi connectivity index (χ2n) is 3.82. The molecule has 0 aliphatic rings. The molecule has 0 radical (unpaired) electrons. The number of nitrogens with zero attached hydrogens (tertiary/aromatic N) is 2. The quantitative estimate of drug-likeness (QED) is 0.811. The van der Waals surface area contributed by atoms with Crippen LogP contribution in [0.5, 0.6) is 0 Å². The van der Waals surface area contributed by atoms with Crippen molar-refractivity contribution in [2.45, 2.75) is 6.92 Å². The summed E-state index contributed by atoms with van der Waals surface area (Å²) in [5.41, 5.74) is 8.19. The highest BCUT2D eigenvalue weighted by Gasteiger charge is 2.07. The van der Waals surface area contributed by atoms with Crippen molar-refractivity contribution in [1.82, 2.24) is 4.98 Å². The summed E-state index contributed by atoms with van der Waals surface area (Å²) in [6.45, 7) is 1.85. The van der Waals surface area contributed by atoms with E-state index >= 15 is 0 Å². The molecule has 0 atom stereocenters. The number of nitrogens with two attached hydrogens (primary N) is 1. The van der Waals surface area contributed by atoms with E-state index in [1.807, 2.05) is 6.92 Å². The fourth-order valence-electron chi connectivity index (χ4n) is 1.51. The van der Waals surface area contributed by atoms with Crippen LogP contribution in [-0.2, 0) is 0 Å². The molecule has 0 saturated carbocycles. The molecule has 3 N–H and O–H groups in total. The zero-order chi connectivity index (χ0) is 13.1. The second kappa shape index (κ2) is 4.94. The number of pyridine rings is 1. The van der Waals surface area contributed by atoms with Crippen LogP contribution in [0.3, 0.4) is 0 Å². The summed E-state index contributed by atoms with van der Waals surface area (Å²) in [5.74, 6) is 0.477. The lowest BCUT2D eigenvalue weighted by molar-refractivity contribution is 1.19. The summed E-state index contributed by atoms with van der Waals surface area (Å²) in [6.07, 6.45) is 0. The summed E-state index contributed by atoms with van der Waals surface area (Å²) < 4.78 is 0. The number of nitrogen functional groups attached to an aromatic ring is 1. The number of anilines is 3. The SMILES string of the molecule is Cc1ccc(C#N)c(Nc2cc(N)ccc2Cl)n1. The van der Waals surface area contributed by atoms with E-state index in [2.05, 4.69) is 16.4 Å². The van der Waals surface area contributed by atoms with Gasteiger partial charge in [-0.15, -0.1) is 0 Å². The number of aryl methyl sites for hydroxylation is 1. The van der Waals surface area contributed by atoms with Gasteiger partial charge in [0.1, 0.15) is 11.9 Å². The first kappa shape index (κ1) is 12.2. The van der Waals surface area contributed by atoms with Gasteiger partial charge in [0.05, 0.1) is 16.3 Å². The molecule has 5 heteroatoms. The van der Waals surface area contributed by atoms with Crippen LogP contribution in [0.1, 0.15) is 11.3 Å². The van der Waals surface area contributed by atoms with Gasteiger partial charge < -0.3 is 11.1 Å². The minimum atomic E-state index is 0.457. The van der Waals surface area contributed by atoms with Crippen molar-refractivity contribution < 1.29 is 0 Å². The third kappa shape index (κ3) is 2.53.